The Kier molecular flexibility index (Phi) is 5.11. The van der Waals surface area contributed by atoms with Gasteiger partial charge in [-0.15, -0.1) is 0 Å². The van der Waals surface area contributed by atoms with Crippen LogP contribution in [0.4, 0.5) is 5.69 Å². The Labute approximate surface area is 153 Å². The molecule has 0 aliphatic carbocycles. The van der Waals surface area contributed by atoms with Crippen LogP contribution in [0.15, 0.2) is 54.6 Å². The fourth-order valence-corrected chi connectivity index (χ4v) is 3.31. The molecule has 1 aliphatic rings. The zero-order valence-corrected chi connectivity index (χ0v) is 14.5. The molecule has 126 valence electrons. The summed E-state index contributed by atoms with van der Waals surface area (Å²) in [5.74, 6) is -0.620. The third kappa shape index (κ3) is 3.86. The van der Waals surface area contributed by atoms with Crippen LogP contribution < -0.4 is 15.8 Å². The topological polar surface area (TPSA) is 78.5 Å². The van der Waals surface area contributed by atoms with Crippen molar-refractivity contribution in [1.29, 1.82) is 0 Å². The quantitative estimate of drug-likeness (QED) is 0.638. The van der Waals surface area contributed by atoms with Crippen LogP contribution in [-0.2, 0) is 4.79 Å². The molecule has 0 spiro atoms. The van der Waals surface area contributed by atoms with Crippen LogP contribution in [0.5, 0.6) is 0 Å². The first-order valence-corrected chi connectivity index (χ1v) is 8.71. The van der Waals surface area contributed by atoms with Crippen molar-refractivity contribution in [2.24, 2.45) is 0 Å². The molecule has 3 rings (SSSR count). The average Bonchev–Trinajstić information content (AvgIpc) is 2.98. The second-order valence-electron chi connectivity index (χ2n) is 5.10. The second kappa shape index (κ2) is 7.45. The van der Waals surface area contributed by atoms with Crippen LogP contribution in [-0.4, -0.2) is 27.8 Å². The van der Waals surface area contributed by atoms with Gasteiger partial charge in [-0.3, -0.25) is 30.1 Å². The van der Waals surface area contributed by atoms with Crippen molar-refractivity contribution in [2.45, 2.75) is 0 Å². The number of rotatable bonds is 3. The van der Waals surface area contributed by atoms with Crippen LogP contribution in [0.1, 0.15) is 20.7 Å². The summed E-state index contributed by atoms with van der Waals surface area (Å²) < 4.78 is 0.498. The third-order valence-electron chi connectivity index (χ3n) is 3.46. The Bertz CT molecular complexity index is 822. The minimum atomic E-state index is -0.458. The number of thioether (sulfide) groups is 1. The lowest BCUT2D eigenvalue weighted by molar-refractivity contribution is -0.115. The lowest BCUT2D eigenvalue weighted by Crippen LogP contribution is -2.41. The maximum Gasteiger partial charge on any atom is 0.269 e. The lowest BCUT2D eigenvalue weighted by Gasteiger charge is -2.15. The van der Waals surface area contributed by atoms with Gasteiger partial charge in [0.1, 0.15) is 4.32 Å². The number of hydrogen-bond acceptors (Lipinski definition) is 5. The third-order valence-corrected chi connectivity index (χ3v) is 4.82. The van der Waals surface area contributed by atoms with E-state index >= 15 is 0 Å². The van der Waals surface area contributed by atoms with Gasteiger partial charge in [-0.2, -0.15) is 0 Å². The summed E-state index contributed by atoms with van der Waals surface area (Å²) in [6, 6.07) is 15.0. The molecule has 25 heavy (non-hydrogen) atoms. The second-order valence-corrected chi connectivity index (χ2v) is 6.71. The molecule has 8 heteroatoms. The summed E-state index contributed by atoms with van der Waals surface area (Å²) in [6.07, 6.45) is 0. The molecule has 0 radical (unpaired) electrons. The Morgan fingerprint density at radius 1 is 0.920 bits per heavy atom. The predicted molar refractivity (Wildman–Crippen MR) is 100 cm³/mol. The van der Waals surface area contributed by atoms with Crippen molar-refractivity contribution in [3.8, 4) is 0 Å². The SMILES string of the molecule is O=C(NNC(=O)c1ccc(N2C(=O)CSC2=S)cc1)c1ccccc1. The van der Waals surface area contributed by atoms with Gasteiger partial charge in [-0.25, -0.2) is 0 Å². The smallest absolute Gasteiger partial charge is 0.269 e. The molecular weight excluding hydrogens is 358 g/mol. The van der Waals surface area contributed by atoms with E-state index < -0.39 is 11.8 Å². The minimum absolute atomic E-state index is 0.0812. The van der Waals surface area contributed by atoms with Gasteiger partial charge in [0.05, 0.1) is 11.4 Å². The predicted octanol–water partition coefficient (Wildman–Crippen LogP) is 2.13. The molecule has 1 aliphatic heterocycles. The van der Waals surface area contributed by atoms with Crippen LogP contribution in [0.3, 0.4) is 0 Å². The Morgan fingerprint density at radius 2 is 1.48 bits per heavy atom. The van der Waals surface area contributed by atoms with Crippen molar-refractivity contribution < 1.29 is 14.4 Å². The largest absolute Gasteiger partial charge is 0.273 e. The van der Waals surface area contributed by atoms with Gasteiger partial charge >= 0.3 is 0 Å². The molecule has 1 heterocycles. The van der Waals surface area contributed by atoms with Crippen molar-refractivity contribution in [3.63, 3.8) is 0 Å². The van der Waals surface area contributed by atoms with E-state index in [1.807, 2.05) is 0 Å². The highest BCUT2D eigenvalue weighted by Crippen LogP contribution is 2.26. The van der Waals surface area contributed by atoms with E-state index in [1.54, 1.807) is 54.6 Å². The normalized spacial score (nSPS) is 13.7. The van der Waals surface area contributed by atoms with Crippen molar-refractivity contribution in [2.75, 3.05) is 10.7 Å². The monoisotopic (exact) mass is 371 g/mol. The van der Waals surface area contributed by atoms with Gasteiger partial charge in [0.15, 0.2) is 0 Å². The van der Waals surface area contributed by atoms with Gasteiger partial charge in [-0.1, -0.05) is 42.2 Å². The van der Waals surface area contributed by atoms with E-state index in [0.717, 1.165) is 0 Å². The number of thiocarbonyl (C=S) groups is 1. The van der Waals surface area contributed by atoms with Gasteiger partial charge in [0, 0.05) is 11.1 Å². The number of nitrogens with one attached hydrogen (secondary N) is 2. The maximum absolute atomic E-state index is 12.1. The summed E-state index contributed by atoms with van der Waals surface area (Å²) in [7, 11) is 0. The van der Waals surface area contributed by atoms with E-state index in [-0.39, 0.29) is 5.91 Å². The van der Waals surface area contributed by atoms with Crippen LogP contribution in [0.25, 0.3) is 0 Å². The minimum Gasteiger partial charge on any atom is -0.273 e. The van der Waals surface area contributed by atoms with Crippen LogP contribution in [0.2, 0.25) is 0 Å². The molecular formula is C17H13N3O3S2. The number of carbonyl (C=O) groups excluding carboxylic acids is 3. The van der Waals surface area contributed by atoms with Gasteiger partial charge < -0.3 is 0 Å². The highest BCUT2D eigenvalue weighted by Gasteiger charge is 2.28. The zero-order chi connectivity index (χ0) is 17.8. The van der Waals surface area contributed by atoms with Crippen molar-refractivity contribution in [1.82, 2.24) is 10.9 Å². The molecule has 3 amide bonds. The molecule has 0 aromatic heterocycles. The summed E-state index contributed by atoms with van der Waals surface area (Å²) in [5, 5.41) is 0. The highest BCUT2D eigenvalue weighted by molar-refractivity contribution is 8.24. The lowest BCUT2D eigenvalue weighted by atomic mass is 10.2. The number of hydrogen-bond donors (Lipinski definition) is 2. The standard InChI is InChI=1S/C17H13N3O3S2/c21-14-10-25-17(24)20(14)13-8-6-12(7-9-13)16(23)19-18-15(22)11-4-2-1-3-5-11/h1-9H,10H2,(H,18,22)(H,19,23). The zero-order valence-electron chi connectivity index (χ0n) is 12.9. The molecule has 2 N–H and O–H groups in total. The van der Waals surface area contributed by atoms with Gasteiger partial charge in [0.25, 0.3) is 11.8 Å². The molecule has 0 unspecified atom stereocenters. The molecule has 2 aromatic rings. The first-order chi connectivity index (χ1) is 12.1. The highest BCUT2D eigenvalue weighted by atomic mass is 32.2. The Balaban J connectivity index is 1.62. The maximum atomic E-state index is 12.1. The Morgan fingerprint density at radius 3 is 2.00 bits per heavy atom. The van der Waals surface area contributed by atoms with Crippen molar-refractivity contribution in [3.05, 3.63) is 65.7 Å². The summed E-state index contributed by atoms with van der Waals surface area (Å²) in [5.41, 5.74) is 6.12. The van der Waals surface area contributed by atoms with E-state index in [1.165, 1.54) is 16.7 Å². The van der Waals surface area contributed by atoms with E-state index in [9.17, 15) is 14.4 Å². The van der Waals surface area contributed by atoms with E-state index in [2.05, 4.69) is 10.9 Å². The number of nitrogens with zero attached hydrogens (tertiary/aromatic N) is 1. The summed E-state index contributed by atoms with van der Waals surface area (Å²) in [4.78, 5) is 37.2. The first kappa shape index (κ1) is 17.1. The molecule has 1 fully saturated rings. The van der Waals surface area contributed by atoms with Gasteiger partial charge in [-0.05, 0) is 36.4 Å². The number of amides is 3. The number of carbonyl (C=O) groups is 3. The van der Waals surface area contributed by atoms with Crippen LogP contribution >= 0.6 is 24.0 Å². The van der Waals surface area contributed by atoms with Crippen LogP contribution in [0, 0.1) is 0 Å². The molecule has 6 nitrogen and oxygen atoms in total. The molecule has 0 bridgehead atoms. The summed E-state index contributed by atoms with van der Waals surface area (Å²) >= 11 is 6.45. The van der Waals surface area contributed by atoms with Crippen molar-refractivity contribution >= 4 is 51.7 Å². The van der Waals surface area contributed by atoms with E-state index in [4.69, 9.17) is 12.2 Å². The average molecular weight is 371 g/mol. The summed E-state index contributed by atoms with van der Waals surface area (Å²) in [6.45, 7) is 0. The molecule has 0 saturated carbocycles. The fourth-order valence-electron chi connectivity index (χ4n) is 2.21. The molecule has 2 aromatic carbocycles. The van der Waals surface area contributed by atoms with Gasteiger partial charge in [0.2, 0.25) is 5.91 Å². The first-order valence-electron chi connectivity index (χ1n) is 7.32. The Hall–Kier alpha value is -2.71. The molecule has 0 atom stereocenters. The number of hydrazine groups is 1. The van der Waals surface area contributed by atoms with E-state index in [0.29, 0.717) is 26.9 Å². The number of benzene rings is 2. The molecule has 1 saturated heterocycles. The number of anilines is 1. The fraction of sp³-hybridized carbons (Fsp3) is 0.0588.